The number of aryl methyl sites for hydroxylation is 2. The summed E-state index contributed by atoms with van der Waals surface area (Å²) >= 11 is 3.57. The van der Waals surface area contributed by atoms with Crippen LogP contribution >= 0.6 is 15.9 Å². The van der Waals surface area contributed by atoms with Crippen LogP contribution in [-0.2, 0) is 13.2 Å². The number of fused-ring (bicyclic) bond motifs is 1. The van der Waals surface area contributed by atoms with Crippen LogP contribution in [0, 0.1) is 6.92 Å². The van der Waals surface area contributed by atoms with Gasteiger partial charge in [-0.15, -0.1) is 10.2 Å². The molecular formula is C17H16BrN7O. The van der Waals surface area contributed by atoms with Crippen molar-refractivity contribution >= 4 is 21.6 Å². The van der Waals surface area contributed by atoms with Crippen LogP contribution in [0.15, 0.2) is 41.3 Å². The number of hydrogen-bond donors (Lipinski definition) is 0. The van der Waals surface area contributed by atoms with Crippen LogP contribution in [0.5, 0.6) is 5.88 Å². The Balaban J connectivity index is 1.75. The molecular weight excluding hydrogens is 398 g/mol. The van der Waals surface area contributed by atoms with E-state index in [9.17, 15) is 0 Å². The minimum Gasteiger partial charge on any atom is -0.468 e. The van der Waals surface area contributed by atoms with Crippen LogP contribution in [0.3, 0.4) is 0 Å². The fraction of sp³-hybridized carbons (Fsp3) is 0.235. The van der Waals surface area contributed by atoms with E-state index in [1.807, 2.05) is 48.6 Å². The summed E-state index contributed by atoms with van der Waals surface area (Å²) in [6.07, 6.45) is 1.52. The summed E-state index contributed by atoms with van der Waals surface area (Å²) in [5.74, 6) is 1.92. The van der Waals surface area contributed by atoms with Crippen molar-refractivity contribution in [3.05, 3.63) is 52.9 Å². The van der Waals surface area contributed by atoms with Crippen LogP contribution in [0.2, 0.25) is 0 Å². The van der Waals surface area contributed by atoms with Crippen molar-refractivity contribution in [3.8, 4) is 17.1 Å². The van der Waals surface area contributed by atoms with Gasteiger partial charge in [-0.2, -0.15) is 10.1 Å². The molecule has 3 aromatic heterocycles. The third-order valence-corrected chi connectivity index (χ3v) is 4.70. The fourth-order valence-corrected chi connectivity index (χ4v) is 3.35. The van der Waals surface area contributed by atoms with Gasteiger partial charge in [0.1, 0.15) is 24.5 Å². The van der Waals surface area contributed by atoms with Crippen LogP contribution < -0.4 is 4.74 Å². The molecule has 0 spiro atoms. The Labute approximate surface area is 158 Å². The Morgan fingerprint density at radius 2 is 1.96 bits per heavy atom. The number of imidazole rings is 1. The van der Waals surface area contributed by atoms with Gasteiger partial charge in [0.25, 0.3) is 0 Å². The molecule has 3 heterocycles. The van der Waals surface area contributed by atoms with Crippen molar-refractivity contribution in [2.45, 2.75) is 27.0 Å². The highest BCUT2D eigenvalue weighted by Crippen LogP contribution is 2.31. The second-order valence-corrected chi connectivity index (χ2v) is 6.36. The van der Waals surface area contributed by atoms with Crippen LogP contribution in [0.25, 0.3) is 16.9 Å². The maximum Gasteiger partial charge on any atom is 0.248 e. The van der Waals surface area contributed by atoms with Gasteiger partial charge in [0, 0.05) is 12.1 Å². The van der Waals surface area contributed by atoms with E-state index < -0.39 is 0 Å². The average Bonchev–Trinajstić information content (AvgIpc) is 3.25. The maximum absolute atomic E-state index is 5.90. The van der Waals surface area contributed by atoms with E-state index in [4.69, 9.17) is 4.74 Å². The van der Waals surface area contributed by atoms with E-state index in [-0.39, 0.29) is 6.61 Å². The van der Waals surface area contributed by atoms with Gasteiger partial charge in [0.05, 0.1) is 0 Å². The molecule has 0 atom stereocenters. The van der Waals surface area contributed by atoms with Crippen molar-refractivity contribution in [2.75, 3.05) is 0 Å². The summed E-state index contributed by atoms with van der Waals surface area (Å²) in [5, 5.41) is 12.7. The third kappa shape index (κ3) is 2.84. The number of nitrogens with zero attached hydrogens (tertiary/aromatic N) is 7. The molecule has 0 saturated heterocycles. The second-order valence-electron chi connectivity index (χ2n) is 5.61. The molecule has 4 aromatic rings. The fourth-order valence-electron chi connectivity index (χ4n) is 2.72. The minimum absolute atomic E-state index is 0.275. The van der Waals surface area contributed by atoms with Gasteiger partial charge in [0.2, 0.25) is 5.88 Å². The Hall–Kier alpha value is -2.81. The second kappa shape index (κ2) is 6.83. The van der Waals surface area contributed by atoms with Crippen molar-refractivity contribution in [3.63, 3.8) is 0 Å². The van der Waals surface area contributed by atoms with Crippen LogP contribution in [0.4, 0.5) is 0 Å². The van der Waals surface area contributed by atoms with E-state index in [0.717, 1.165) is 17.9 Å². The number of rotatable bonds is 5. The first-order valence-corrected chi connectivity index (χ1v) is 8.94. The maximum atomic E-state index is 5.90. The topological polar surface area (TPSA) is 83.0 Å². The number of benzene rings is 1. The predicted octanol–water partition coefficient (Wildman–Crippen LogP) is 3.05. The highest BCUT2D eigenvalue weighted by Gasteiger charge is 2.19. The van der Waals surface area contributed by atoms with Gasteiger partial charge in [-0.3, -0.25) is 4.40 Å². The first kappa shape index (κ1) is 16.6. The number of ether oxygens (including phenoxy) is 1. The summed E-state index contributed by atoms with van der Waals surface area (Å²) in [7, 11) is 0. The first-order valence-electron chi connectivity index (χ1n) is 8.15. The number of aromatic nitrogens is 7. The Morgan fingerprint density at radius 3 is 2.73 bits per heavy atom. The molecule has 0 aliphatic rings. The SMILES string of the molecule is CCn1ncnc1COc1nc2c(-c3ccccc3)nnc(C)n2c1Br. The molecule has 132 valence electrons. The minimum atomic E-state index is 0.275. The number of halogens is 1. The van der Waals surface area contributed by atoms with Crippen molar-refractivity contribution < 1.29 is 4.74 Å². The van der Waals surface area contributed by atoms with Crippen LogP contribution in [0.1, 0.15) is 18.6 Å². The monoisotopic (exact) mass is 413 g/mol. The summed E-state index contributed by atoms with van der Waals surface area (Å²) in [4.78, 5) is 8.86. The summed E-state index contributed by atoms with van der Waals surface area (Å²) in [6.45, 7) is 4.89. The molecule has 1 aromatic carbocycles. The van der Waals surface area contributed by atoms with Gasteiger partial charge in [-0.25, -0.2) is 9.67 Å². The zero-order chi connectivity index (χ0) is 18.1. The lowest BCUT2D eigenvalue weighted by Gasteiger charge is -2.05. The van der Waals surface area contributed by atoms with Gasteiger partial charge in [0.15, 0.2) is 16.1 Å². The lowest BCUT2D eigenvalue weighted by molar-refractivity contribution is 0.276. The first-order chi connectivity index (χ1) is 12.7. The molecule has 0 radical (unpaired) electrons. The normalized spacial score (nSPS) is 11.2. The largest absolute Gasteiger partial charge is 0.468 e. The molecule has 4 rings (SSSR count). The molecule has 0 aliphatic heterocycles. The molecule has 0 unspecified atom stereocenters. The summed E-state index contributed by atoms with van der Waals surface area (Å²) in [6, 6.07) is 9.83. The van der Waals surface area contributed by atoms with Crippen LogP contribution in [-0.4, -0.2) is 34.3 Å². The predicted molar refractivity (Wildman–Crippen MR) is 98.7 cm³/mol. The average molecular weight is 414 g/mol. The van der Waals surface area contributed by atoms with Gasteiger partial charge in [-0.05, 0) is 29.8 Å². The molecule has 0 bridgehead atoms. The molecule has 0 aliphatic carbocycles. The Morgan fingerprint density at radius 1 is 1.15 bits per heavy atom. The van der Waals surface area contributed by atoms with Crippen molar-refractivity contribution in [1.82, 2.24) is 34.3 Å². The van der Waals surface area contributed by atoms with Gasteiger partial charge >= 0.3 is 0 Å². The smallest absolute Gasteiger partial charge is 0.248 e. The lowest BCUT2D eigenvalue weighted by Crippen LogP contribution is -2.07. The van der Waals surface area contributed by atoms with E-state index in [1.54, 1.807) is 4.68 Å². The molecule has 0 fully saturated rings. The zero-order valence-electron chi connectivity index (χ0n) is 14.3. The van der Waals surface area contributed by atoms with E-state index in [1.165, 1.54) is 6.33 Å². The van der Waals surface area contributed by atoms with Gasteiger partial charge < -0.3 is 4.74 Å². The Bertz CT molecular complexity index is 1060. The van der Waals surface area contributed by atoms with Crippen molar-refractivity contribution in [1.29, 1.82) is 0 Å². The highest BCUT2D eigenvalue weighted by molar-refractivity contribution is 9.10. The quantitative estimate of drug-likeness (QED) is 0.499. The molecule has 0 saturated carbocycles. The summed E-state index contributed by atoms with van der Waals surface area (Å²) in [5.41, 5.74) is 2.32. The van der Waals surface area contributed by atoms with E-state index in [0.29, 0.717) is 27.6 Å². The van der Waals surface area contributed by atoms with E-state index >= 15 is 0 Å². The third-order valence-electron chi connectivity index (χ3n) is 4.00. The molecule has 9 heteroatoms. The van der Waals surface area contributed by atoms with E-state index in [2.05, 4.69) is 41.2 Å². The summed E-state index contributed by atoms with van der Waals surface area (Å²) < 4.78 is 10.3. The van der Waals surface area contributed by atoms with Gasteiger partial charge in [-0.1, -0.05) is 30.3 Å². The Kier molecular flexibility index (Phi) is 4.37. The van der Waals surface area contributed by atoms with Crippen molar-refractivity contribution in [2.24, 2.45) is 0 Å². The lowest BCUT2D eigenvalue weighted by atomic mass is 10.1. The highest BCUT2D eigenvalue weighted by atomic mass is 79.9. The molecule has 8 nitrogen and oxygen atoms in total. The molecule has 26 heavy (non-hydrogen) atoms. The number of hydrogen-bond acceptors (Lipinski definition) is 6. The standard InChI is InChI=1S/C17H16BrN7O/c1-3-24-13(19-10-20-24)9-26-17-15(18)25-11(2)22-23-14(16(25)21-17)12-7-5-4-6-8-12/h4-8,10H,3,9H2,1-2H3. The molecule has 0 N–H and O–H groups in total. The zero-order valence-corrected chi connectivity index (χ0v) is 15.9. The molecule has 0 amide bonds.